The number of carbonyl (C=O) groups is 1. The van der Waals surface area contributed by atoms with E-state index in [-0.39, 0.29) is 15.5 Å². The van der Waals surface area contributed by atoms with Crippen LogP contribution in [0.1, 0.15) is 10.4 Å². The lowest BCUT2D eigenvalue weighted by Gasteiger charge is -2.11. The summed E-state index contributed by atoms with van der Waals surface area (Å²) in [6.45, 7) is 0. The molecule has 2 N–H and O–H groups in total. The molecule has 2 rings (SSSR count). The standard InChI is InChI=1S/C12H10BrNO5S2/c1-19-7-2-3-10(8(6-7)11(15)16)14-21(17,18)12-9(13)4-5-20-12/h2-6,14H,1H3,(H,15,16). The largest absolute Gasteiger partial charge is 0.497 e. The van der Waals surface area contributed by atoms with Crippen LogP contribution in [0.25, 0.3) is 0 Å². The highest BCUT2D eigenvalue weighted by molar-refractivity contribution is 9.10. The zero-order valence-corrected chi connectivity index (χ0v) is 13.9. The van der Waals surface area contributed by atoms with E-state index in [0.717, 1.165) is 11.3 Å². The second kappa shape index (κ2) is 6.04. The Kier molecular flexibility index (Phi) is 4.55. The van der Waals surface area contributed by atoms with Crippen LogP contribution >= 0.6 is 27.3 Å². The third kappa shape index (κ3) is 3.36. The number of methoxy groups -OCH3 is 1. The van der Waals surface area contributed by atoms with Crippen molar-refractivity contribution in [1.82, 2.24) is 0 Å². The average Bonchev–Trinajstić information content (AvgIpc) is 2.85. The maximum Gasteiger partial charge on any atom is 0.337 e. The van der Waals surface area contributed by atoms with E-state index in [2.05, 4.69) is 20.7 Å². The Hall–Kier alpha value is -1.58. The minimum Gasteiger partial charge on any atom is -0.497 e. The van der Waals surface area contributed by atoms with Crippen molar-refractivity contribution < 1.29 is 23.1 Å². The summed E-state index contributed by atoms with van der Waals surface area (Å²) in [7, 11) is -2.46. The molecule has 0 atom stereocenters. The molecule has 0 radical (unpaired) electrons. The van der Waals surface area contributed by atoms with Crippen LogP contribution in [0.5, 0.6) is 5.75 Å². The van der Waals surface area contributed by atoms with E-state index in [0.29, 0.717) is 10.2 Å². The molecule has 112 valence electrons. The number of thiophene rings is 1. The molecule has 21 heavy (non-hydrogen) atoms. The van der Waals surface area contributed by atoms with E-state index in [1.165, 1.54) is 25.3 Å². The molecule has 0 amide bonds. The summed E-state index contributed by atoms with van der Waals surface area (Å²) in [5.74, 6) is -0.926. The molecule has 0 aliphatic rings. The zero-order chi connectivity index (χ0) is 15.6. The number of halogens is 1. The van der Waals surface area contributed by atoms with Gasteiger partial charge in [0.05, 0.1) is 18.4 Å². The number of carboxylic acids is 1. The van der Waals surface area contributed by atoms with Crippen LogP contribution in [-0.2, 0) is 10.0 Å². The summed E-state index contributed by atoms with van der Waals surface area (Å²) in [5, 5.41) is 10.8. The van der Waals surface area contributed by atoms with Crippen molar-refractivity contribution in [3.63, 3.8) is 0 Å². The highest BCUT2D eigenvalue weighted by Gasteiger charge is 2.22. The van der Waals surface area contributed by atoms with Gasteiger partial charge in [-0.3, -0.25) is 4.72 Å². The topological polar surface area (TPSA) is 92.7 Å². The Morgan fingerprint density at radius 1 is 1.38 bits per heavy atom. The highest BCUT2D eigenvalue weighted by atomic mass is 79.9. The van der Waals surface area contributed by atoms with E-state index in [4.69, 9.17) is 4.74 Å². The van der Waals surface area contributed by atoms with Crippen molar-refractivity contribution in [3.8, 4) is 5.75 Å². The summed E-state index contributed by atoms with van der Waals surface area (Å²) in [6.07, 6.45) is 0. The van der Waals surface area contributed by atoms with E-state index in [1.807, 2.05) is 0 Å². The van der Waals surface area contributed by atoms with Crippen LogP contribution in [-0.4, -0.2) is 26.6 Å². The van der Waals surface area contributed by atoms with E-state index in [1.54, 1.807) is 11.4 Å². The van der Waals surface area contributed by atoms with Gasteiger partial charge in [0.1, 0.15) is 5.75 Å². The molecular weight excluding hydrogens is 382 g/mol. The van der Waals surface area contributed by atoms with Gasteiger partial charge in [-0.15, -0.1) is 11.3 Å². The Labute approximate surface area is 133 Å². The van der Waals surface area contributed by atoms with Crippen molar-refractivity contribution >= 4 is 48.9 Å². The summed E-state index contributed by atoms with van der Waals surface area (Å²) in [6, 6.07) is 5.68. The number of anilines is 1. The second-order valence-corrected chi connectivity index (χ2v) is 7.53. The second-order valence-electron chi connectivity index (χ2n) is 3.88. The van der Waals surface area contributed by atoms with Crippen molar-refractivity contribution in [2.24, 2.45) is 0 Å². The predicted octanol–water partition coefficient (Wildman–Crippen LogP) is 3.02. The van der Waals surface area contributed by atoms with Gasteiger partial charge in [0.25, 0.3) is 10.0 Å². The molecule has 0 spiro atoms. The third-order valence-corrected chi connectivity index (χ3v) is 6.57. The number of nitrogens with one attached hydrogen (secondary N) is 1. The molecule has 0 aliphatic heterocycles. The van der Waals surface area contributed by atoms with Crippen LogP contribution in [0.2, 0.25) is 0 Å². The first-order valence-corrected chi connectivity index (χ1v) is 8.68. The first-order chi connectivity index (χ1) is 9.85. The van der Waals surface area contributed by atoms with Gasteiger partial charge in [-0.25, -0.2) is 13.2 Å². The quantitative estimate of drug-likeness (QED) is 0.816. The molecule has 1 heterocycles. The predicted molar refractivity (Wildman–Crippen MR) is 82.8 cm³/mol. The van der Waals surface area contributed by atoms with Crippen molar-refractivity contribution in [2.75, 3.05) is 11.8 Å². The normalized spacial score (nSPS) is 11.1. The lowest BCUT2D eigenvalue weighted by molar-refractivity contribution is 0.0697. The molecule has 0 bridgehead atoms. The smallest absolute Gasteiger partial charge is 0.337 e. The zero-order valence-electron chi connectivity index (χ0n) is 10.7. The fourth-order valence-electron chi connectivity index (χ4n) is 1.58. The summed E-state index contributed by atoms with van der Waals surface area (Å²) in [5.41, 5.74) is -0.214. The SMILES string of the molecule is COc1ccc(NS(=O)(=O)c2sccc2Br)c(C(=O)O)c1. The summed E-state index contributed by atoms with van der Waals surface area (Å²) < 4.78 is 32.2. The number of carboxylic acid groups (broad SMARTS) is 1. The average molecular weight is 392 g/mol. The van der Waals surface area contributed by atoms with E-state index in [9.17, 15) is 18.3 Å². The van der Waals surface area contributed by atoms with Gasteiger partial charge in [0, 0.05) is 4.47 Å². The fourth-order valence-corrected chi connectivity index (χ4v) is 5.00. The molecule has 0 aliphatic carbocycles. The molecule has 1 aromatic carbocycles. The lowest BCUT2D eigenvalue weighted by atomic mass is 10.2. The van der Waals surface area contributed by atoms with Gasteiger partial charge >= 0.3 is 5.97 Å². The van der Waals surface area contributed by atoms with Crippen LogP contribution < -0.4 is 9.46 Å². The van der Waals surface area contributed by atoms with E-state index >= 15 is 0 Å². The van der Waals surface area contributed by atoms with Crippen LogP contribution in [0, 0.1) is 0 Å². The summed E-state index contributed by atoms with van der Waals surface area (Å²) in [4.78, 5) is 11.2. The van der Waals surface area contributed by atoms with Gasteiger partial charge in [-0.2, -0.15) is 0 Å². The van der Waals surface area contributed by atoms with Crippen LogP contribution in [0.4, 0.5) is 5.69 Å². The molecule has 0 saturated carbocycles. The van der Waals surface area contributed by atoms with Gasteiger partial charge in [0.2, 0.25) is 0 Å². The molecule has 9 heteroatoms. The Morgan fingerprint density at radius 2 is 2.10 bits per heavy atom. The number of hydrogen-bond acceptors (Lipinski definition) is 5. The van der Waals surface area contributed by atoms with Gasteiger partial charge < -0.3 is 9.84 Å². The fraction of sp³-hybridized carbons (Fsp3) is 0.0833. The number of sulfonamides is 1. The van der Waals surface area contributed by atoms with Crippen molar-refractivity contribution in [1.29, 1.82) is 0 Å². The first kappa shape index (κ1) is 15.8. The number of benzene rings is 1. The Balaban J connectivity index is 2.44. The first-order valence-electron chi connectivity index (χ1n) is 5.52. The highest BCUT2D eigenvalue weighted by Crippen LogP contribution is 2.31. The Morgan fingerprint density at radius 3 is 2.62 bits per heavy atom. The number of hydrogen-bond donors (Lipinski definition) is 2. The molecule has 1 aromatic heterocycles. The minimum atomic E-state index is -3.86. The molecule has 6 nitrogen and oxygen atoms in total. The molecule has 0 fully saturated rings. The maximum absolute atomic E-state index is 12.3. The maximum atomic E-state index is 12.3. The van der Waals surface area contributed by atoms with Gasteiger partial charge in [0.15, 0.2) is 4.21 Å². The molecule has 0 saturated heterocycles. The van der Waals surface area contributed by atoms with Crippen LogP contribution in [0.15, 0.2) is 38.3 Å². The third-order valence-electron chi connectivity index (χ3n) is 2.53. The van der Waals surface area contributed by atoms with Gasteiger partial charge in [-0.05, 0) is 45.6 Å². The minimum absolute atomic E-state index is 0.0244. The molecular formula is C12H10BrNO5S2. The lowest BCUT2D eigenvalue weighted by Crippen LogP contribution is -2.15. The number of rotatable bonds is 5. The number of aromatic carboxylic acids is 1. The van der Waals surface area contributed by atoms with Crippen LogP contribution in [0.3, 0.4) is 0 Å². The number of ether oxygens (including phenoxy) is 1. The van der Waals surface area contributed by atoms with Crippen molar-refractivity contribution in [2.45, 2.75) is 4.21 Å². The molecule has 0 unspecified atom stereocenters. The molecule has 2 aromatic rings. The Bertz CT molecular complexity index is 785. The monoisotopic (exact) mass is 391 g/mol. The summed E-state index contributed by atoms with van der Waals surface area (Å²) >= 11 is 4.17. The van der Waals surface area contributed by atoms with Crippen molar-refractivity contribution in [3.05, 3.63) is 39.7 Å². The van der Waals surface area contributed by atoms with Gasteiger partial charge in [-0.1, -0.05) is 0 Å². The van der Waals surface area contributed by atoms with E-state index < -0.39 is 16.0 Å².